The van der Waals surface area contributed by atoms with Gasteiger partial charge in [0, 0.05) is 16.1 Å². The van der Waals surface area contributed by atoms with Crippen LogP contribution in [0.1, 0.15) is 5.56 Å². The van der Waals surface area contributed by atoms with E-state index >= 15 is 0 Å². The van der Waals surface area contributed by atoms with Gasteiger partial charge in [0.1, 0.15) is 11.6 Å². The summed E-state index contributed by atoms with van der Waals surface area (Å²) in [5, 5.41) is 13.8. The van der Waals surface area contributed by atoms with Crippen LogP contribution in [0.15, 0.2) is 53.3 Å². The maximum absolute atomic E-state index is 12.0. The van der Waals surface area contributed by atoms with E-state index in [-0.39, 0.29) is 5.56 Å². The van der Waals surface area contributed by atoms with Gasteiger partial charge in [-0.05, 0) is 30.3 Å². The van der Waals surface area contributed by atoms with Gasteiger partial charge in [-0.15, -0.1) is 0 Å². The minimum absolute atomic E-state index is 0.0589. The maximum Gasteiger partial charge on any atom is 0.268 e. The maximum atomic E-state index is 12.0. The molecule has 0 saturated carbocycles. The highest BCUT2D eigenvalue weighted by Crippen LogP contribution is 2.27. The number of pyridine rings is 1. The summed E-state index contributed by atoms with van der Waals surface area (Å²) in [7, 11) is 0. The van der Waals surface area contributed by atoms with Crippen LogP contribution in [-0.4, -0.2) is 4.98 Å². The zero-order valence-electron chi connectivity index (χ0n) is 10.9. The van der Waals surface area contributed by atoms with Crippen molar-refractivity contribution in [2.24, 2.45) is 0 Å². The van der Waals surface area contributed by atoms with Crippen molar-refractivity contribution >= 4 is 33.9 Å². The number of nitrogens with zero attached hydrogens (tertiary/aromatic N) is 1. The second kappa shape index (κ2) is 5.31. The van der Waals surface area contributed by atoms with E-state index < -0.39 is 5.56 Å². The average Bonchev–Trinajstić information content (AvgIpc) is 2.49. The Labute approximate surface area is 125 Å². The number of nitriles is 1. The molecule has 4 nitrogen and oxygen atoms in total. The summed E-state index contributed by atoms with van der Waals surface area (Å²) >= 11 is 5.86. The number of aromatic nitrogens is 1. The van der Waals surface area contributed by atoms with Gasteiger partial charge in [0.15, 0.2) is 0 Å². The molecule has 0 aliphatic carbocycles. The molecular formula is C16H10ClN3O. The van der Waals surface area contributed by atoms with E-state index in [2.05, 4.69) is 10.3 Å². The molecule has 0 amide bonds. The summed E-state index contributed by atoms with van der Waals surface area (Å²) in [4.78, 5) is 14.7. The molecule has 0 saturated heterocycles. The van der Waals surface area contributed by atoms with Gasteiger partial charge in [0.05, 0.1) is 11.2 Å². The quantitative estimate of drug-likeness (QED) is 0.755. The predicted octanol–water partition coefficient (Wildman–Crippen LogP) is 3.80. The van der Waals surface area contributed by atoms with Crippen LogP contribution in [0, 0.1) is 11.3 Å². The zero-order chi connectivity index (χ0) is 14.8. The minimum atomic E-state index is -0.410. The van der Waals surface area contributed by atoms with Gasteiger partial charge in [0.25, 0.3) is 5.56 Å². The number of H-pyrrole nitrogens is 1. The molecule has 2 N–H and O–H groups in total. The summed E-state index contributed by atoms with van der Waals surface area (Å²) in [5.74, 6) is 0. The molecule has 5 heteroatoms. The lowest BCUT2D eigenvalue weighted by Gasteiger charge is -2.11. The van der Waals surface area contributed by atoms with Gasteiger partial charge in [-0.25, -0.2) is 0 Å². The zero-order valence-corrected chi connectivity index (χ0v) is 11.6. The van der Waals surface area contributed by atoms with Crippen molar-refractivity contribution in [2.75, 3.05) is 5.32 Å². The number of hydrogen-bond donors (Lipinski definition) is 2. The van der Waals surface area contributed by atoms with Crippen LogP contribution in [0.5, 0.6) is 0 Å². The smallest absolute Gasteiger partial charge is 0.268 e. The van der Waals surface area contributed by atoms with E-state index in [4.69, 9.17) is 11.6 Å². The number of nitrogens with one attached hydrogen (secondary N) is 2. The number of anilines is 2. The Morgan fingerprint density at radius 3 is 2.52 bits per heavy atom. The number of aromatic amines is 1. The van der Waals surface area contributed by atoms with Crippen molar-refractivity contribution in [3.8, 4) is 6.07 Å². The van der Waals surface area contributed by atoms with E-state index in [9.17, 15) is 10.1 Å². The topological polar surface area (TPSA) is 68.7 Å². The Morgan fingerprint density at radius 1 is 1.10 bits per heavy atom. The monoisotopic (exact) mass is 295 g/mol. The molecule has 2 aromatic carbocycles. The van der Waals surface area contributed by atoms with Crippen LogP contribution in [-0.2, 0) is 0 Å². The first-order valence-electron chi connectivity index (χ1n) is 6.27. The number of para-hydroxylation sites is 1. The Morgan fingerprint density at radius 2 is 1.81 bits per heavy atom. The first kappa shape index (κ1) is 13.2. The molecule has 0 aliphatic heterocycles. The first-order chi connectivity index (χ1) is 10.2. The summed E-state index contributed by atoms with van der Waals surface area (Å²) in [6, 6.07) is 16.4. The summed E-state index contributed by atoms with van der Waals surface area (Å²) in [6.45, 7) is 0. The lowest BCUT2D eigenvalue weighted by molar-refractivity contribution is 1.27. The number of halogens is 1. The van der Waals surface area contributed by atoms with Crippen molar-refractivity contribution in [1.29, 1.82) is 5.26 Å². The molecule has 1 aromatic heterocycles. The summed E-state index contributed by atoms with van der Waals surface area (Å²) < 4.78 is 0. The van der Waals surface area contributed by atoms with Crippen LogP contribution < -0.4 is 10.9 Å². The molecule has 0 atom stereocenters. The minimum Gasteiger partial charge on any atom is -0.354 e. The fourth-order valence-corrected chi connectivity index (χ4v) is 2.28. The molecule has 0 aliphatic rings. The molecule has 1 heterocycles. The fraction of sp³-hybridized carbons (Fsp3) is 0. The Bertz CT molecular complexity index is 907. The molecule has 0 fully saturated rings. The molecule has 0 radical (unpaired) electrons. The standard InChI is InChI=1S/C16H10ClN3O/c17-10-5-7-11(8-6-10)19-15-12-3-1-2-4-14(12)20-16(21)13(15)9-18/h1-8H,(H2,19,20,21). The van der Waals surface area contributed by atoms with Gasteiger partial charge >= 0.3 is 0 Å². The van der Waals surface area contributed by atoms with Gasteiger partial charge < -0.3 is 10.3 Å². The summed E-state index contributed by atoms with van der Waals surface area (Å²) in [6.07, 6.45) is 0. The molecular weight excluding hydrogens is 286 g/mol. The lowest BCUT2D eigenvalue weighted by Crippen LogP contribution is -2.13. The third-order valence-electron chi connectivity index (χ3n) is 3.15. The van der Waals surface area contributed by atoms with Crippen LogP contribution in [0.4, 0.5) is 11.4 Å². The molecule has 102 valence electrons. The molecule has 0 unspecified atom stereocenters. The Kier molecular flexibility index (Phi) is 3.35. The SMILES string of the molecule is N#Cc1c(Nc2ccc(Cl)cc2)c2ccccc2[nH]c1=O. The van der Waals surface area contributed by atoms with Crippen LogP contribution in [0.3, 0.4) is 0 Å². The normalized spacial score (nSPS) is 10.3. The van der Waals surface area contributed by atoms with Crippen LogP contribution in [0.25, 0.3) is 10.9 Å². The number of rotatable bonds is 2. The van der Waals surface area contributed by atoms with Crippen molar-refractivity contribution in [2.45, 2.75) is 0 Å². The Balaban J connectivity index is 2.22. The number of benzene rings is 2. The van der Waals surface area contributed by atoms with Crippen molar-refractivity contribution in [3.05, 3.63) is 69.5 Å². The molecule has 3 rings (SSSR count). The molecule has 0 spiro atoms. The van der Waals surface area contributed by atoms with E-state index in [1.165, 1.54) is 0 Å². The first-order valence-corrected chi connectivity index (χ1v) is 6.64. The Hall–Kier alpha value is -2.77. The van der Waals surface area contributed by atoms with Gasteiger partial charge in [0.2, 0.25) is 0 Å². The van der Waals surface area contributed by atoms with E-state index in [0.29, 0.717) is 16.2 Å². The third-order valence-corrected chi connectivity index (χ3v) is 3.40. The van der Waals surface area contributed by atoms with Gasteiger partial charge in [-0.3, -0.25) is 4.79 Å². The predicted molar refractivity (Wildman–Crippen MR) is 84.0 cm³/mol. The largest absolute Gasteiger partial charge is 0.354 e. The van der Waals surface area contributed by atoms with Gasteiger partial charge in [-0.2, -0.15) is 5.26 Å². The van der Waals surface area contributed by atoms with Crippen molar-refractivity contribution < 1.29 is 0 Å². The third kappa shape index (κ3) is 2.47. The highest BCUT2D eigenvalue weighted by atomic mass is 35.5. The molecule has 3 aromatic rings. The second-order valence-corrected chi connectivity index (χ2v) is 4.93. The second-order valence-electron chi connectivity index (χ2n) is 4.49. The highest BCUT2D eigenvalue weighted by molar-refractivity contribution is 6.30. The fourth-order valence-electron chi connectivity index (χ4n) is 2.16. The van der Waals surface area contributed by atoms with Crippen molar-refractivity contribution in [3.63, 3.8) is 0 Å². The lowest BCUT2D eigenvalue weighted by atomic mass is 10.1. The highest BCUT2D eigenvalue weighted by Gasteiger charge is 2.12. The molecule has 0 bridgehead atoms. The average molecular weight is 296 g/mol. The van der Waals surface area contributed by atoms with Crippen LogP contribution in [0.2, 0.25) is 5.02 Å². The van der Waals surface area contributed by atoms with E-state index in [0.717, 1.165) is 11.1 Å². The van der Waals surface area contributed by atoms with E-state index in [1.807, 2.05) is 24.3 Å². The molecule has 21 heavy (non-hydrogen) atoms. The van der Waals surface area contributed by atoms with Gasteiger partial charge in [-0.1, -0.05) is 29.8 Å². The van der Waals surface area contributed by atoms with Crippen molar-refractivity contribution in [1.82, 2.24) is 4.98 Å². The number of fused-ring (bicyclic) bond motifs is 1. The van der Waals surface area contributed by atoms with E-state index in [1.54, 1.807) is 30.3 Å². The summed E-state index contributed by atoms with van der Waals surface area (Å²) in [5.41, 5.74) is 1.58. The van der Waals surface area contributed by atoms with Crippen LogP contribution >= 0.6 is 11.6 Å². The number of hydrogen-bond acceptors (Lipinski definition) is 3.